The zero-order chi connectivity index (χ0) is 26.7. The van der Waals surface area contributed by atoms with Gasteiger partial charge in [0.2, 0.25) is 5.91 Å². The molecule has 6 nitrogen and oxygen atoms in total. The highest BCUT2D eigenvalue weighted by Crippen LogP contribution is 2.13. The van der Waals surface area contributed by atoms with Crippen LogP contribution in [0.4, 0.5) is 0 Å². The number of aliphatic carboxylic acids is 1. The van der Waals surface area contributed by atoms with E-state index in [9.17, 15) is 9.59 Å². The van der Waals surface area contributed by atoms with Crippen LogP contribution >= 0.6 is 0 Å². The molecule has 0 aliphatic rings. The van der Waals surface area contributed by atoms with E-state index in [1.54, 1.807) is 0 Å². The fourth-order valence-corrected chi connectivity index (χ4v) is 4.61. The molecule has 0 rings (SSSR count). The topological polar surface area (TPSA) is 75.6 Å². The molecule has 0 aliphatic heterocycles. The first kappa shape index (κ1) is 34.9. The first-order valence-electron chi connectivity index (χ1n) is 15.3. The highest BCUT2D eigenvalue weighted by molar-refractivity contribution is 5.75. The van der Waals surface area contributed by atoms with Gasteiger partial charge in [-0.25, -0.2) is 4.79 Å². The molecule has 0 aromatic heterocycles. The number of hydrogen-bond donors (Lipinski definition) is 2. The highest BCUT2D eigenvalue weighted by Gasteiger charge is 2.18. The van der Waals surface area contributed by atoms with Gasteiger partial charge in [0.15, 0.2) is 6.54 Å². The van der Waals surface area contributed by atoms with Crippen molar-refractivity contribution in [1.29, 1.82) is 0 Å². The number of ether oxygens (including phenoxy) is 1. The summed E-state index contributed by atoms with van der Waals surface area (Å²) in [6, 6.07) is 0. The van der Waals surface area contributed by atoms with Crippen LogP contribution in [0, 0.1) is 0 Å². The van der Waals surface area contributed by atoms with Crippen molar-refractivity contribution >= 4 is 11.9 Å². The maximum Gasteiger partial charge on any atom is 0.359 e. The molecule has 0 saturated carbocycles. The zero-order valence-electron chi connectivity index (χ0n) is 24.3. The Morgan fingerprint density at radius 2 is 1.11 bits per heavy atom. The largest absolute Gasteiger partial charge is 0.477 e. The van der Waals surface area contributed by atoms with E-state index in [0.717, 1.165) is 45.4 Å². The van der Waals surface area contributed by atoms with Gasteiger partial charge in [-0.15, -0.1) is 0 Å². The van der Waals surface area contributed by atoms with Crippen molar-refractivity contribution in [1.82, 2.24) is 5.32 Å². The summed E-state index contributed by atoms with van der Waals surface area (Å²) in [6.07, 6.45) is 25.2. The molecule has 0 bridgehead atoms. The number of hydrogen-bond acceptors (Lipinski definition) is 3. The fraction of sp³-hybridized carbons (Fsp3) is 0.933. The average molecular weight is 514 g/mol. The number of quaternary nitrogens is 1. The smallest absolute Gasteiger partial charge is 0.359 e. The minimum absolute atomic E-state index is 0.0799. The zero-order valence-corrected chi connectivity index (χ0v) is 24.3. The van der Waals surface area contributed by atoms with Crippen LogP contribution in [0.25, 0.3) is 0 Å². The molecule has 0 radical (unpaired) electrons. The van der Waals surface area contributed by atoms with Crippen molar-refractivity contribution in [3.05, 3.63) is 0 Å². The Labute approximate surface area is 223 Å². The van der Waals surface area contributed by atoms with Gasteiger partial charge in [-0.1, -0.05) is 103 Å². The number of rotatable bonds is 28. The summed E-state index contributed by atoms with van der Waals surface area (Å²) in [6.45, 7) is 5.31. The van der Waals surface area contributed by atoms with Gasteiger partial charge < -0.3 is 19.6 Å². The van der Waals surface area contributed by atoms with E-state index >= 15 is 0 Å². The van der Waals surface area contributed by atoms with Crippen LogP contribution in [-0.2, 0) is 14.3 Å². The summed E-state index contributed by atoms with van der Waals surface area (Å²) in [5.41, 5.74) is 0. The highest BCUT2D eigenvalue weighted by atomic mass is 16.5. The molecule has 0 unspecified atom stereocenters. The van der Waals surface area contributed by atoms with E-state index in [4.69, 9.17) is 9.84 Å². The molecule has 214 valence electrons. The van der Waals surface area contributed by atoms with Crippen molar-refractivity contribution in [2.45, 2.75) is 135 Å². The van der Waals surface area contributed by atoms with E-state index in [0.29, 0.717) is 17.4 Å². The molecule has 0 aliphatic carbocycles. The first-order valence-corrected chi connectivity index (χ1v) is 15.3. The Morgan fingerprint density at radius 1 is 0.667 bits per heavy atom. The third-order valence-corrected chi connectivity index (χ3v) is 6.91. The molecular weight excluding hydrogens is 452 g/mol. The lowest BCUT2D eigenvalue weighted by Crippen LogP contribution is -2.45. The molecular formula is C30H61N2O4+. The van der Waals surface area contributed by atoms with Crippen LogP contribution in [0.5, 0.6) is 0 Å². The van der Waals surface area contributed by atoms with Crippen molar-refractivity contribution in [2.24, 2.45) is 0 Å². The third kappa shape index (κ3) is 27.4. The molecule has 0 spiro atoms. The Bertz CT molecular complexity index is 511. The van der Waals surface area contributed by atoms with E-state index in [-0.39, 0.29) is 12.5 Å². The average Bonchev–Trinajstić information content (AvgIpc) is 2.82. The SMILES string of the molecule is CCCCCCCCCCCCCCCCCCOCCCCC(=O)NCCC[N+](C)(C)CC(=O)O. The Hall–Kier alpha value is -1.14. The maximum atomic E-state index is 11.9. The summed E-state index contributed by atoms with van der Waals surface area (Å²) in [5.74, 6) is -0.711. The normalized spacial score (nSPS) is 11.6. The predicted octanol–water partition coefficient (Wildman–Crippen LogP) is 7.10. The van der Waals surface area contributed by atoms with E-state index in [1.165, 1.54) is 96.3 Å². The molecule has 6 heteroatoms. The van der Waals surface area contributed by atoms with Crippen LogP contribution in [0.2, 0.25) is 0 Å². The Kier molecular flexibility index (Phi) is 24.7. The number of likely N-dealkylation sites (N-methyl/N-ethyl adjacent to an activating group) is 1. The standard InChI is InChI=1S/C30H60N2O4/c1-4-5-6-7-8-9-10-11-12-13-14-15-16-17-18-20-26-36-27-21-19-23-29(33)31-24-22-25-32(2,3)28-30(34)35/h4-28H2,1-3H3,(H-,31,33,34,35)/p+1. The van der Waals surface area contributed by atoms with Crippen LogP contribution in [0.3, 0.4) is 0 Å². The van der Waals surface area contributed by atoms with Gasteiger partial charge in [-0.05, 0) is 19.3 Å². The Morgan fingerprint density at radius 3 is 1.58 bits per heavy atom. The van der Waals surface area contributed by atoms with Crippen molar-refractivity contribution in [3.8, 4) is 0 Å². The number of nitrogens with zero attached hydrogens (tertiary/aromatic N) is 1. The second kappa shape index (κ2) is 25.5. The number of carbonyl (C=O) groups excluding carboxylic acids is 1. The Balaban J connectivity index is 3.24. The minimum atomic E-state index is -0.791. The summed E-state index contributed by atoms with van der Waals surface area (Å²) in [5, 5.41) is 11.8. The molecule has 2 N–H and O–H groups in total. The van der Waals surface area contributed by atoms with Gasteiger partial charge >= 0.3 is 5.97 Å². The van der Waals surface area contributed by atoms with Crippen molar-refractivity contribution in [3.63, 3.8) is 0 Å². The second-order valence-electron chi connectivity index (χ2n) is 11.3. The molecule has 0 aromatic rings. The lowest BCUT2D eigenvalue weighted by molar-refractivity contribution is -0.883. The summed E-state index contributed by atoms with van der Waals surface area (Å²) in [4.78, 5) is 22.7. The monoisotopic (exact) mass is 513 g/mol. The van der Waals surface area contributed by atoms with Gasteiger partial charge in [0, 0.05) is 32.6 Å². The molecule has 0 fully saturated rings. The summed E-state index contributed by atoms with van der Waals surface area (Å²) < 4.78 is 6.15. The first-order chi connectivity index (χ1) is 17.4. The van der Waals surface area contributed by atoms with Gasteiger partial charge in [-0.3, -0.25) is 4.79 Å². The van der Waals surface area contributed by atoms with Crippen LogP contribution in [-0.4, -0.2) is 68.4 Å². The van der Waals surface area contributed by atoms with Gasteiger partial charge in [-0.2, -0.15) is 0 Å². The summed E-state index contributed by atoms with van der Waals surface area (Å²) in [7, 11) is 3.80. The van der Waals surface area contributed by atoms with E-state index in [1.807, 2.05) is 14.1 Å². The molecule has 36 heavy (non-hydrogen) atoms. The number of carbonyl (C=O) groups is 2. The lowest BCUT2D eigenvalue weighted by Gasteiger charge is -2.27. The van der Waals surface area contributed by atoms with E-state index in [2.05, 4.69) is 12.2 Å². The fourth-order valence-electron chi connectivity index (χ4n) is 4.61. The number of amides is 1. The number of carboxylic acids is 1. The third-order valence-electron chi connectivity index (χ3n) is 6.91. The number of nitrogens with one attached hydrogen (secondary N) is 1. The minimum Gasteiger partial charge on any atom is -0.477 e. The van der Waals surface area contributed by atoms with Crippen LogP contribution < -0.4 is 5.32 Å². The molecule has 0 aromatic carbocycles. The summed E-state index contributed by atoms with van der Waals surface area (Å²) >= 11 is 0. The van der Waals surface area contributed by atoms with Gasteiger partial charge in [0.25, 0.3) is 0 Å². The molecule has 0 heterocycles. The molecule has 0 atom stereocenters. The van der Waals surface area contributed by atoms with Crippen molar-refractivity contribution < 1.29 is 23.9 Å². The van der Waals surface area contributed by atoms with Gasteiger partial charge in [0.05, 0.1) is 20.6 Å². The number of unbranched alkanes of at least 4 members (excludes halogenated alkanes) is 16. The van der Waals surface area contributed by atoms with Crippen LogP contribution in [0.15, 0.2) is 0 Å². The number of carboxylic acid groups (broad SMARTS) is 1. The maximum absolute atomic E-state index is 11.9. The van der Waals surface area contributed by atoms with Crippen LogP contribution in [0.1, 0.15) is 135 Å². The predicted molar refractivity (Wildman–Crippen MR) is 151 cm³/mol. The molecule has 0 saturated heterocycles. The quantitative estimate of drug-likeness (QED) is 0.0864. The van der Waals surface area contributed by atoms with E-state index < -0.39 is 5.97 Å². The lowest BCUT2D eigenvalue weighted by atomic mass is 10.0. The van der Waals surface area contributed by atoms with Gasteiger partial charge in [0.1, 0.15) is 0 Å². The second-order valence-corrected chi connectivity index (χ2v) is 11.3. The van der Waals surface area contributed by atoms with Crippen molar-refractivity contribution in [2.75, 3.05) is 46.9 Å². The molecule has 1 amide bonds.